The Labute approximate surface area is 138 Å². The van der Waals surface area contributed by atoms with Gasteiger partial charge in [-0.15, -0.1) is 0 Å². The number of carbonyl (C=O) groups excluding carboxylic acids is 1. The number of hydrogen-bond donors (Lipinski definition) is 1. The lowest BCUT2D eigenvalue weighted by Gasteiger charge is -2.12. The average Bonchev–Trinajstić information content (AvgIpc) is 2.39. The molecule has 0 bridgehead atoms. The summed E-state index contributed by atoms with van der Waals surface area (Å²) in [5.74, 6) is -0.614. The fourth-order valence-electron chi connectivity index (χ4n) is 1.65. The number of alkyl halides is 3. The molecule has 22 heavy (non-hydrogen) atoms. The van der Waals surface area contributed by atoms with Crippen molar-refractivity contribution in [1.29, 1.82) is 0 Å². The minimum Gasteiger partial charge on any atom is -0.321 e. The Morgan fingerprint density at radius 1 is 1.09 bits per heavy atom. The lowest BCUT2D eigenvalue weighted by atomic mass is 10.2. The van der Waals surface area contributed by atoms with Crippen LogP contribution in [0.2, 0.25) is 10.0 Å². The van der Waals surface area contributed by atoms with Gasteiger partial charge in [0, 0.05) is 9.92 Å². The summed E-state index contributed by atoms with van der Waals surface area (Å²) in [7, 11) is 0. The second-order valence-electron chi connectivity index (χ2n) is 4.12. The van der Waals surface area contributed by atoms with Crippen LogP contribution in [0.1, 0.15) is 10.4 Å². The van der Waals surface area contributed by atoms with Crippen molar-refractivity contribution >= 4 is 46.6 Å². The molecule has 0 atom stereocenters. The first kappa shape index (κ1) is 17.0. The van der Waals surface area contributed by atoms with Crippen molar-refractivity contribution in [1.82, 2.24) is 0 Å². The standard InChI is InChI=1S/C14H8Cl2F3NOS/c15-8-5-6-9(10(16)7-8)13(21)20-11-3-1-2-4-12(11)22-14(17,18)19/h1-7H,(H,20,21). The minimum atomic E-state index is -4.45. The van der Waals surface area contributed by atoms with Gasteiger partial charge in [0.15, 0.2) is 0 Å². The van der Waals surface area contributed by atoms with Crippen LogP contribution in [0.25, 0.3) is 0 Å². The number of carbonyl (C=O) groups is 1. The van der Waals surface area contributed by atoms with Crippen LogP contribution in [0.5, 0.6) is 0 Å². The van der Waals surface area contributed by atoms with E-state index < -0.39 is 11.4 Å². The molecule has 1 amide bonds. The molecule has 0 unspecified atom stereocenters. The number of hydrogen-bond acceptors (Lipinski definition) is 2. The maximum absolute atomic E-state index is 12.5. The Bertz CT molecular complexity index is 707. The second kappa shape index (κ2) is 6.81. The zero-order chi connectivity index (χ0) is 16.3. The molecule has 0 saturated heterocycles. The van der Waals surface area contributed by atoms with E-state index in [4.69, 9.17) is 23.2 Å². The van der Waals surface area contributed by atoms with Crippen LogP contribution < -0.4 is 5.32 Å². The zero-order valence-corrected chi connectivity index (χ0v) is 13.1. The van der Waals surface area contributed by atoms with Gasteiger partial charge in [0.25, 0.3) is 5.91 Å². The van der Waals surface area contributed by atoms with Crippen LogP contribution in [-0.2, 0) is 0 Å². The maximum Gasteiger partial charge on any atom is 0.446 e. The van der Waals surface area contributed by atoms with E-state index in [-0.39, 0.29) is 32.9 Å². The summed E-state index contributed by atoms with van der Waals surface area (Å²) in [5.41, 5.74) is -4.27. The molecular weight excluding hydrogens is 358 g/mol. The number of thioether (sulfide) groups is 1. The van der Waals surface area contributed by atoms with Gasteiger partial charge in [0.2, 0.25) is 0 Å². The van der Waals surface area contributed by atoms with Crippen molar-refractivity contribution in [2.45, 2.75) is 10.4 Å². The van der Waals surface area contributed by atoms with Crippen molar-refractivity contribution in [3.05, 3.63) is 58.1 Å². The van der Waals surface area contributed by atoms with E-state index in [1.165, 1.54) is 42.5 Å². The van der Waals surface area contributed by atoms with E-state index in [9.17, 15) is 18.0 Å². The topological polar surface area (TPSA) is 29.1 Å². The van der Waals surface area contributed by atoms with Crippen LogP contribution in [0, 0.1) is 0 Å². The highest BCUT2D eigenvalue weighted by Crippen LogP contribution is 2.40. The number of rotatable bonds is 3. The normalized spacial score (nSPS) is 11.3. The molecule has 0 aliphatic carbocycles. The molecule has 2 aromatic rings. The third-order valence-electron chi connectivity index (χ3n) is 2.54. The van der Waals surface area contributed by atoms with Gasteiger partial charge in [-0.05, 0) is 42.1 Å². The minimum absolute atomic E-state index is 0.0563. The molecule has 0 radical (unpaired) electrons. The van der Waals surface area contributed by atoms with Crippen LogP contribution in [-0.4, -0.2) is 11.4 Å². The molecule has 0 aliphatic rings. The first-order valence-electron chi connectivity index (χ1n) is 5.87. The molecule has 2 aromatic carbocycles. The first-order chi connectivity index (χ1) is 10.3. The van der Waals surface area contributed by atoms with E-state index in [0.29, 0.717) is 5.02 Å². The molecule has 1 N–H and O–H groups in total. The second-order valence-corrected chi connectivity index (χ2v) is 6.07. The van der Waals surface area contributed by atoms with Gasteiger partial charge in [-0.25, -0.2) is 0 Å². The Kier molecular flexibility index (Phi) is 5.26. The molecule has 116 valence electrons. The molecule has 8 heteroatoms. The van der Waals surface area contributed by atoms with E-state index in [1.807, 2.05) is 0 Å². The van der Waals surface area contributed by atoms with E-state index in [1.54, 1.807) is 0 Å². The van der Waals surface area contributed by atoms with Crippen LogP contribution in [0.3, 0.4) is 0 Å². The van der Waals surface area contributed by atoms with Crippen molar-refractivity contribution < 1.29 is 18.0 Å². The van der Waals surface area contributed by atoms with Crippen molar-refractivity contribution in [2.24, 2.45) is 0 Å². The number of amides is 1. The highest BCUT2D eigenvalue weighted by atomic mass is 35.5. The summed E-state index contributed by atoms with van der Waals surface area (Å²) < 4.78 is 37.5. The average molecular weight is 366 g/mol. The maximum atomic E-state index is 12.5. The summed E-state index contributed by atoms with van der Waals surface area (Å²) in [6.45, 7) is 0. The molecule has 0 heterocycles. The van der Waals surface area contributed by atoms with Gasteiger partial charge in [-0.3, -0.25) is 4.79 Å². The van der Waals surface area contributed by atoms with Crippen LogP contribution in [0.15, 0.2) is 47.4 Å². The predicted octanol–water partition coefficient (Wildman–Crippen LogP) is 5.86. The third-order valence-corrected chi connectivity index (χ3v) is 3.89. The summed E-state index contributed by atoms with van der Waals surface area (Å²) >= 11 is 11.3. The largest absolute Gasteiger partial charge is 0.446 e. The highest BCUT2D eigenvalue weighted by Gasteiger charge is 2.30. The molecule has 0 aliphatic heterocycles. The van der Waals surface area contributed by atoms with Gasteiger partial charge in [0.05, 0.1) is 16.3 Å². The summed E-state index contributed by atoms with van der Waals surface area (Å²) in [6.07, 6.45) is 0. The number of nitrogens with one attached hydrogen (secondary N) is 1. The van der Waals surface area contributed by atoms with Crippen LogP contribution in [0.4, 0.5) is 18.9 Å². The van der Waals surface area contributed by atoms with Crippen molar-refractivity contribution in [2.75, 3.05) is 5.32 Å². The van der Waals surface area contributed by atoms with E-state index >= 15 is 0 Å². The van der Waals surface area contributed by atoms with Crippen molar-refractivity contribution in [3.63, 3.8) is 0 Å². The number of halogens is 5. The fourth-order valence-corrected chi connectivity index (χ4v) is 2.77. The van der Waals surface area contributed by atoms with Crippen molar-refractivity contribution in [3.8, 4) is 0 Å². The Hall–Kier alpha value is -1.37. The number of benzene rings is 2. The summed E-state index contributed by atoms with van der Waals surface area (Å²) in [5, 5.41) is 2.90. The lowest BCUT2D eigenvalue weighted by Crippen LogP contribution is -2.13. The molecule has 0 fully saturated rings. The highest BCUT2D eigenvalue weighted by molar-refractivity contribution is 8.00. The Morgan fingerprint density at radius 2 is 1.77 bits per heavy atom. The van der Waals surface area contributed by atoms with Gasteiger partial charge < -0.3 is 5.32 Å². The van der Waals surface area contributed by atoms with Gasteiger partial charge in [-0.1, -0.05) is 35.3 Å². The molecule has 2 nitrogen and oxygen atoms in total. The number of anilines is 1. The molecule has 0 spiro atoms. The fraction of sp³-hybridized carbons (Fsp3) is 0.0714. The first-order valence-corrected chi connectivity index (χ1v) is 7.45. The molecular formula is C14H8Cl2F3NOS. The van der Waals surface area contributed by atoms with Gasteiger partial charge in [-0.2, -0.15) is 13.2 Å². The monoisotopic (exact) mass is 365 g/mol. The van der Waals surface area contributed by atoms with Gasteiger partial charge >= 0.3 is 5.51 Å². The smallest absolute Gasteiger partial charge is 0.321 e. The SMILES string of the molecule is O=C(Nc1ccccc1SC(F)(F)F)c1ccc(Cl)cc1Cl. The number of para-hydroxylation sites is 1. The summed E-state index contributed by atoms with van der Waals surface area (Å²) in [6, 6.07) is 9.90. The molecule has 0 saturated carbocycles. The van der Waals surface area contributed by atoms with E-state index in [2.05, 4.69) is 5.32 Å². The Balaban J connectivity index is 2.25. The summed E-state index contributed by atoms with van der Waals surface area (Å²) in [4.78, 5) is 12.0. The zero-order valence-electron chi connectivity index (χ0n) is 10.7. The van der Waals surface area contributed by atoms with Gasteiger partial charge in [0.1, 0.15) is 0 Å². The van der Waals surface area contributed by atoms with Crippen LogP contribution >= 0.6 is 35.0 Å². The molecule has 0 aromatic heterocycles. The Morgan fingerprint density at radius 3 is 2.41 bits per heavy atom. The third kappa shape index (κ3) is 4.56. The predicted molar refractivity (Wildman–Crippen MR) is 82.8 cm³/mol. The lowest BCUT2D eigenvalue weighted by molar-refractivity contribution is -0.0328. The van der Waals surface area contributed by atoms with E-state index in [0.717, 1.165) is 0 Å². The molecule has 2 rings (SSSR count). The quantitative estimate of drug-likeness (QED) is 0.690.